The van der Waals surface area contributed by atoms with Crippen molar-refractivity contribution >= 4 is 0 Å². The van der Waals surface area contributed by atoms with Gasteiger partial charge < -0.3 is 10.2 Å². The maximum absolute atomic E-state index is 10.4. The van der Waals surface area contributed by atoms with E-state index in [1.165, 1.54) is 30.4 Å². The Bertz CT molecular complexity index is 567. The Kier molecular flexibility index (Phi) is 4.48. The summed E-state index contributed by atoms with van der Waals surface area (Å²) < 4.78 is 0. The highest BCUT2D eigenvalue weighted by atomic mass is 16.3. The summed E-state index contributed by atoms with van der Waals surface area (Å²) in [5.41, 5.74) is 2.98. The van der Waals surface area contributed by atoms with Crippen LogP contribution < -0.4 is 0 Å². The van der Waals surface area contributed by atoms with E-state index in [1.807, 2.05) is 26.0 Å². The topological polar surface area (TPSA) is 40.5 Å². The molecule has 2 N–H and O–H groups in total. The molecule has 2 heteroatoms. The molecule has 0 saturated heterocycles. The van der Waals surface area contributed by atoms with E-state index in [-0.39, 0.29) is 11.5 Å². The molecule has 0 amide bonds. The highest BCUT2D eigenvalue weighted by molar-refractivity contribution is 5.42. The van der Waals surface area contributed by atoms with Gasteiger partial charge in [-0.25, -0.2) is 0 Å². The lowest BCUT2D eigenvalue weighted by molar-refractivity contribution is -0.0245. The van der Waals surface area contributed by atoms with Crippen molar-refractivity contribution in [2.75, 3.05) is 0 Å². The molecule has 2 fully saturated rings. The van der Waals surface area contributed by atoms with Gasteiger partial charge in [0.15, 0.2) is 0 Å². The predicted octanol–water partition coefficient (Wildman–Crippen LogP) is 5.20. The highest BCUT2D eigenvalue weighted by Crippen LogP contribution is 2.62. The summed E-state index contributed by atoms with van der Waals surface area (Å²) in [4.78, 5) is 0. The third-order valence-corrected chi connectivity index (χ3v) is 7.01. The zero-order valence-electron chi connectivity index (χ0n) is 15.0. The number of hydrogen-bond donors (Lipinski definition) is 2. The first-order chi connectivity index (χ1) is 11.0. The van der Waals surface area contributed by atoms with Crippen molar-refractivity contribution in [2.24, 2.45) is 17.3 Å². The molecule has 0 aromatic heterocycles. The molecule has 4 rings (SSSR count). The lowest BCUT2D eigenvalue weighted by Gasteiger charge is -2.51. The van der Waals surface area contributed by atoms with Crippen molar-refractivity contribution < 1.29 is 10.2 Å². The molecule has 6 atom stereocenters. The van der Waals surface area contributed by atoms with Crippen LogP contribution in [0.15, 0.2) is 18.2 Å². The fraction of sp³-hybridized carbons (Fsp3) is 0.714. The van der Waals surface area contributed by atoms with Crippen molar-refractivity contribution in [3.05, 3.63) is 29.3 Å². The summed E-state index contributed by atoms with van der Waals surface area (Å²) in [6, 6.07) is 5.99. The second kappa shape index (κ2) is 6.12. The molecule has 3 aliphatic rings. The normalized spacial score (nSPS) is 41.2. The SMILES string of the molecule is CC.C[C@H]1C[C@@H]2C(CC[C@]3(C)C(O)CCC23)c2ccc(O)cc21. The van der Waals surface area contributed by atoms with Crippen molar-refractivity contribution in [3.8, 4) is 5.75 Å². The Labute approximate surface area is 140 Å². The molecular weight excluding hydrogens is 284 g/mol. The smallest absolute Gasteiger partial charge is 0.115 e. The molecule has 0 bridgehead atoms. The standard InChI is InChI=1S/C19H26O2.C2H6/c1-11-9-16-14(13-4-3-12(20)10-15(11)13)7-8-19(2)17(16)5-6-18(19)21;1-2/h3-4,10-11,14,16-18,20-21H,5-9H2,1-2H3;1-2H3/t11-,14?,16+,17?,18?,19-;/m0./s1. The molecule has 3 unspecified atom stereocenters. The average Bonchev–Trinajstić information content (AvgIpc) is 2.86. The molecule has 1 aromatic carbocycles. The number of aliphatic hydroxyl groups excluding tert-OH is 1. The Morgan fingerprint density at radius 3 is 2.57 bits per heavy atom. The van der Waals surface area contributed by atoms with Crippen LogP contribution in [0.2, 0.25) is 0 Å². The van der Waals surface area contributed by atoms with E-state index >= 15 is 0 Å². The van der Waals surface area contributed by atoms with Crippen LogP contribution in [-0.4, -0.2) is 16.3 Å². The number of aliphatic hydroxyl groups is 1. The summed E-state index contributed by atoms with van der Waals surface area (Å²) in [6.45, 7) is 8.62. The van der Waals surface area contributed by atoms with Crippen molar-refractivity contribution in [1.29, 1.82) is 0 Å². The lowest BCUT2D eigenvalue weighted by atomic mass is 9.54. The van der Waals surface area contributed by atoms with E-state index < -0.39 is 0 Å². The van der Waals surface area contributed by atoms with Crippen LogP contribution in [0.3, 0.4) is 0 Å². The third-order valence-electron chi connectivity index (χ3n) is 7.01. The van der Waals surface area contributed by atoms with Crippen molar-refractivity contribution in [2.45, 2.75) is 77.7 Å². The van der Waals surface area contributed by atoms with Gasteiger partial charge in [0.2, 0.25) is 0 Å². The van der Waals surface area contributed by atoms with Crippen LogP contribution in [-0.2, 0) is 0 Å². The molecule has 23 heavy (non-hydrogen) atoms. The van der Waals surface area contributed by atoms with E-state index in [0.717, 1.165) is 12.8 Å². The van der Waals surface area contributed by atoms with Crippen LogP contribution in [0.25, 0.3) is 0 Å². The quantitative estimate of drug-likeness (QED) is 0.691. The third kappa shape index (κ3) is 2.50. The van der Waals surface area contributed by atoms with Gasteiger partial charge in [0.05, 0.1) is 6.10 Å². The maximum atomic E-state index is 10.4. The Morgan fingerprint density at radius 1 is 1.09 bits per heavy atom. The van der Waals surface area contributed by atoms with Crippen LogP contribution in [0.4, 0.5) is 0 Å². The molecular formula is C21H32O2. The van der Waals surface area contributed by atoms with E-state index in [9.17, 15) is 10.2 Å². The average molecular weight is 316 g/mol. The van der Waals surface area contributed by atoms with Gasteiger partial charge in [-0.2, -0.15) is 0 Å². The summed E-state index contributed by atoms with van der Waals surface area (Å²) in [6.07, 6.45) is 5.64. The van der Waals surface area contributed by atoms with Gasteiger partial charge >= 0.3 is 0 Å². The molecule has 0 aliphatic heterocycles. The predicted molar refractivity (Wildman–Crippen MR) is 94.8 cm³/mol. The molecule has 0 spiro atoms. The van der Waals surface area contributed by atoms with E-state index in [2.05, 4.69) is 19.9 Å². The summed E-state index contributed by atoms with van der Waals surface area (Å²) in [5.74, 6) is 2.95. The molecule has 128 valence electrons. The summed E-state index contributed by atoms with van der Waals surface area (Å²) >= 11 is 0. The minimum Gasteiger partial charge on any atom is -0.508 e. The number of benzene rings is 1. The zero-order valence-corrected chi connectivity index (χ0v) is 15.0. The van der Waals surface area contributed by atoms with Crippen LogP contribution in [0.5, 0.6) is 5.75 Å². The van der Waals surface area contributed by atoms with Gasteiger partial charge in [0.25, 0.3) is 0 Å². The number of hydrogen-bond acceptors (Lipinski definition) is 2. The fourth-order valence-electron chi connectivity index (χ4n) is 5.84. The van der Waals surface area contributed by atoms with Gasteiger partial charge in [-0.1, -0.05) is 33.8 Å². The molecule has 1 aromatic rings. The highest BCUT2D eigenvalue weighted by Gasteiger charge is 2.54. The maximum Gasteiger partial charge on any atom is 0.115 e. The number of phenolic OH excluding ortho intramolecular Hbond substituents is 1. The second-order valence-electron chi connectivity index (χ2n) is 7.96. The van der Waals surface area contributed by atoms with E-state index in [1.54, 1.807) is 0 Å². The Balaban J connectivity index is 0.000000753. The monoisotopic (exact) mass is 316 g/mol. The van der Waals surface area contributed by atoms with E-state index in [4.69, 9.17) is 0 Å². The van der Waals surface area contributed by atoms with Gasteiger partial charge in [-0.3, -0.25) is 0 Å². The van der Waals surface area contributed by atoms with Gasteiger partial charge in [-0.05, 0) is 84.5 Å². The minimum atomic E-state index is -0.0972. The number of fused-ring (bicyclic) bond motifs is 5. The van der Waals surface area contributed by atoms with Gasteiger partial charge in [0, 0.05) is 0 Å². The molecule has 0 radical (unpaired) electrons. The first-order valence-corrected chi connectivity index (χ1v) is 9.51. The molecule has 3 aliphatic carbocycles. The minimum absolute atomic E-state index is 0.0972. The number of aromatic hydroxyl groups is 1. The van der Waals surface area contributed by atoms with Crippen molar-refractivity contribution in [1.82, 2.24) is 0 Å². The lowest BCUT2D eigenvalue weighted by Crippen LogP contribution is -2.44. The summed E-state index contributed by atoms with van der Waals surface area (Å²) in [7, 11) is 0. The Morgan fingerprint density at radius 2 is 1.83 bits per heavy atom. The fourth-order valence-corrected chi connectivity index (χ4v) is 5.84. The van der Waals surface area contributed by atoms with Crippen LogP contribution >= 0.6 is 0 Å². The molecule has 2 saturated carbocycles. The van der Waals surface area contributed by atoms with Crippen LogP contribution in [0, 0.1) is 17.3 Å². The van der Waals surface area contributed by atoms with Gasteiger partial charge in [-0.15, -0.1) is 0 Å². The zero-order chi connectivity index (χ0) is 16.8. The van der Waals surface area contributed by atoms with Gasteiger partial charge in [0.1, 0.15) is 5.75 Å². The Hall–Kier alpha value is -1.02. The van der Waals surface area contributed by atoms with Crippen LogP contribution in [0.1, 0.15) is 82.8 Å². The largest absolute Gasteiger partial charge is 0.508 e. The summed E-state index contributed by atoms with van der Waals surface area (Å²) in [5, 5.41) is 20.2. The van der Waals surface area contributed by atoms with Crippen molar-refractivity contribution in [3.63, 3.8) is 0 Å². The molecule has 0 heterocycles. The first kappa shape index (κ1) is 16.8. The number of rotatable bonds is 0. The van der Waals surface area contributed by atoms with E-state index in [0.29, 0.717) is 29.4 Å². The second-order valence-corrected chi connectivity index (χ2v) is 7.96. The molecule has 2 nitrogen and oxygen atoms in total. The number of phenols is 1. The first-order valence-electron chi connectivity index (χ1n) is 9.51.